The minimum Gasteiger partial charge on any atom is -0.376 e. The summed E-state index contributed by atoms with van der Waals surface area (Å²) < 4.78 is 5.63. The molecule has 1 aromatic carbocycles. The first-order chi connectivity index (χ1) is 9.78. The molecule has 0 spiro atoms. The number of fused-ring (bicyclic) bond motifs is 1. The van der Waals surface area contributed by atoms with Crippen LogP contribution < -0.4 is 0 Å². The molecule has 0 saturated carbocycles. The third-order valence-corrected chi connectivity index (χ3v) is 3.88. The average Bonchev–Trinajstić information content (AvgIpc) is 3.12. The smallest absolute Gasteiger partial charge is 0.270 e. The summed E-state index contributed by atoms with van der Waals surface area (Å²) in [6.07, 6.45) is 2.35. The van der Waals surface area contributed by atoms with Crippen molar-refractivity contribution in [3.8, 4) is 0 Å². The van der Waals surface area contributed by atoms with Crippen molar-refractivity contribution in [1.82, 2.24) is 9.88 Å². The van der Waals surface area contributed by atoms with Gasteiger partial charge < -0.3 is 14.6 Å². The molecule has 1 N–H and O–H groups in total. The van der Waals surface area contributed by atoms with Gasteiger partial charge in [0.2, 0.25) is 0 Å². The lowest BCUT2D eigenvalue weighted by Crippen LogP contribution is -2.37. The average molecular weight is 272 g/mol. The molecule has 2 heterocycles. The molecule has 1 aromatic heterocycles. The predicted octanol–water partition coefficient (Wildman–Crippen LogP) is 2.81. The molecule has 4 heteroatoms. The number of rotatable bonds is 4. The van der Waals surface area contributed by atoms with Crippen molar-refractivity contribution in [3.63, 3.8) is 0 Å². The first kappa shape index (κ1) is 13.2. The van der Waals surface area contributed by atoms with Gasteiger partial charge in [-0.05, 0) is 31.9 Å². The Labute approximate surface area is 118 Å². The third-order valence-electron chi connectivity index (χ3n) is 3.88. The number of hydrogen-bond donors (Lipinski definition) is 1. The fourth-order valence-corrected chi connectivity index (χ4v) is 2.75. The van der Waals surface area contributed by atoms with Crippen molar-refractivity contribution < 1.29 is 9.53 Å². The number of amides is 1. The van der Waals surface area contributed by atoms with Crippen LogP contribution in [0.4, 0.5) is 0 Å². The molecule has 0 bridgehead atoms. The summed E-state index contributed by atoms with van der Waals surface area (Å²) in [6.45, 7) is 4.22. The molecule has 1 unspecified atom stereocenters. The van der Waals surface area contributed by atoms with Gasteiger partial charge in [0.05, 0.1) is 6.10 Å². The second-order valence-electron chi connectivity index (χ2n) is 5.25. The Morgan fingerprint density at radius 1 is 1.45 bits per heavy atom. The number of likely N-dealkylation sites (N-methyl/N-ethyl adjacent to an activating group) is 1. The number of benzene rings is 1. The summed E-state index contributed by atoms with van der Waals surface area (Å²) in [5.41, 5.74) is 1.66. The van der Waals surface area contributed by atoms with Gasteiger partial charge in [-0.2, -0.15) is 0 Å². The van der Waals surface area contributed by atoms with Crippen LogP contribution in [0.2, 0.25) is 0 Å². The van der Waals surface area contributed by atoms with Gasteiger partial charge >= 0.3 is 0 Å². The molecule has 0 radical (unpaired) electrons. The van der Waals surface area contributed by atoms with Gasteiger partial charge in [0.1, 0.15) is 5.69 Å². The summed E-state index contributed by atoms with van der Waals surface area (Å²) in [7, 11) is 0. The number of ether oxygens (including phenoxy) is 1. The minimum absolute atomic E-state index is 0.0548. The summed E-state index contributed by atoms with van der Waals surface area (Å²) in [5.74, 6) is 0.0548. The number of nitrogens with zero attached hydrogens (tertiary/aromatic N) is 1. The molecule has 1 atom stereocenters. The number of carbonyl (C=O) groups is 1. The molecule has 1 amide bonds. The molecule has 106 valence electrons. The van der Waals surface area contributed by atoms with Gasteiger partial charge in [-0.15, -0.1) is 0 Å². The molecule has 1 aliphatic rings. The largest absolute Gasteiger partial charge is 0.376 e. The first-order valence-electron chi connectivity index (χ1n) is 7.26. The van der Waals surface area contributed by atoms with E-state index < -0.39 is 0 Å². The van der Waals surface area contributed by atoms with Crippen molar-refractivity contribution in [2.75, 3.05) is 19.7 Å². The van der Waals surface area contributed by atoms with E-state index in [0.29, 0.717) is 18.8 Å². The second-order valence-corrected chi connectivity index (χ2v) is 5.25. The van der Waals surface area contributed by atoms with E-state index in [4.69, 9.17) is 4.74 Å². The summed E-state index contributed by atoms with van der Waals surface area (Å²) in [5, 5.41) is 1.07. The normalized spacial score (nSPS) is 18.6. The standard InChI is InChI=1S/C16H20N2O2/c1-2-18(11-13-7-5-9-20-13)16(19)15-10-12-6-3-4-8-14(12)17-15/h3-4,6,8,10,13,17H,2,5,7,9,11H2,1H3. The van der Waals surface area contributed by atoms with Crippen molar-refractivity contribution in [1.29, 1.82) is 0 Å². The van der Waals surface area contributed by atoms with E-state index in [1.54, 1.807) is 0 Å². The van der Waals surface area contributed by atoms with E-state index in [1.165, 1.54) is 0 Å². The Balaban J connectivity index is 1.78. The lowest BCUT2D eigenvalue weighted by molar-refractivity contribution is 0.0535. The maximum Gasteiger partial charge on any atom is 0.270 e. The van der Waals surface area contributed by atoms with Crippen LogP contribution in [-0.4, -0.2) is 41.6 Å². The first-order valence-corrected chi connectivity index (χ1v) is 7.26. The van der Waals surface area contributed by atoms with Crippen LogP contribution in [0.3, 0.4) is 0 Å². The Morgan fingerprint density at radius 2 is 2.30 bits per heavy atom. The van der Waals surface area contributed by atoms with Crippen LogP contribution in [0.5, 0.6) is 0 Å². The van der Waals surface area contributed by atoms with Gasteiger partial charge in [-0.1, -0.05) is 18.2 Å². The Kier molecular flexibility index (Phi) is 3.74. The lowest BCUT2D eigenvalue weighted by Gasteiger charge is -2.23. The maximum absolute atomic E-state index is 12.6. The third kappa shape index (κ3) is 2.56. The van der Waals surface area contributed by atoms with Gasteiger partial charge in [0, 0.05) is 30.6 Å². The number of hydrogen-bond acceptors (Lipinski definition) is 2. The molecule has 3 rings (SSSR count). The Bertz CT molecular complexity index is 566. The van der Waals surface area contributed by atoms with Gasteiger partial charge in [0.15, 0.2) is 0 Å². The Hall–Kier alpha value is -1.81. The van der Waals surface area contributed by atoms with Crippen molar-refractivity contribution in [2.45, 2.75) is 25.9 Å². The highest BCUT2D eigenvalue weighted by molar-refractivity contribution is 5.98. The summed E-state index contributed by atoms with van der Waals surface area (Å²) in [6, 6.07) is 9.88. The number of aromatic amines is 1. The van der Waals surface area contributed by atoms with Crippen molar-refractivity contribution >= 4 is 16.8 Å². The number of aromatic nitrogens is 1. The molecule has 0 aliphatic carbocycles. The van der Waals surface area contributed by atoms with Gasteiger partial charge in [-0.25, -0.2) is 0 Å². The van der Waals surface area contributed by atoms with Crippen LogP contribution in [0.1, 0.15) is 30.3 Å². The van der Waals surface area contributed by atoms with Gasteiger partial charge in [-0.3, -0.25) is 4.79 Å². The number of H-pyrrole nitrogens is 1. The molecule has 1 aliphatic heterocycles. The zero-order valence-corrected chi connectivity index (χ0v) is 11.8. The van der Waals surface area contributed by atoms with E-state index in [-0.39, 0.29) is 12.0 Å². The maximum atomic E-state index is 12.6. The van der Waals surface area contributed by atoms with Crippen LogP contribution in [0, 0.1) is 0 Å². The topological polar surface area (TPSA) is 45.3 Å². The number of carbonyl (C=O) groups excluding carboxylic acids is 1. The summed E-state index contributed by atoms with van der Waals surface area (Å²) in [4.78, 5) is 17.6. The fourth-order valence-electron chi connectivity index (χ4n) is 2.75. The number of para-hydroxylation sites is 1. The quantitative estimate of drug-likeness (QED) is 0.930. The molecule has 20 heavy (non-hydrogen) atoms. The highest BCUT2D eigenvalue weighted by atomic mass is 16.5. The van der Waals surface area contributed by atoms with Crippen LogP contribution in [0.15, 0.2) is 30.3 Å². The second kappa shape index (κ2) is 5.67. The lowest BCUT2D eigenvalue weighted by atomic mass is 10.2. The summed E-state index contributed by atoms with van der Waals surface area (Å²) >= 11 is 0. The Morgan fingerprint density at radius 3 is 3.00 bits per heavy atom. The predicted molar refractivity (Wildman–Crippen MR) is 78.9 cm³/mol. The highest BCUT2D eigenvalue weighted by Crippen LogP contribution is 2.18. The minimum atomic E-state index is 0.0548. The van der Waals surface area contributed by atoms with Crippen LogP contribution in [0.25, 0.3) is 10.9 Å². The van der Waals surface area contributed by atoms with Crippen LogP contribution in [-0.2, 0) is 4.74 Å². The van der Waals surface area contributed by atoms with E-state index in [9.17, 15) is 4.79 Å². The van der Waals surface area contributed by atoms with E-state index in [1.807, 2.05) is 42.2 Å². The molecule has 1 fully saturated rings. The van der Waals surface area contributed by atoms with E-state index in [0.717, 1.165) is 30.4 Å². The van der Waals surface area contributed by atoms with E-state index >= 15 is 0 Å². The molecule has 4 nitrogen and oxygen atoms in total. The monoisotopic (exact) mass is 272 g/mol. The van der Waals surface area contributed by atoms with Crippen LogP contribution >= 0.6 is 0 Å². The van der Waals surface area contributed by atoms with Crippen molar-refractivity contribution in [2.24, 2.45) is 0 Å². The molecule has 1 saturated heterocycles. The zero-order valence-electron chi connectivity index (χ0n) is 11.8. The fraction of sp³-hybridized carbons (Fsp3) is 0.438. The SMILES string of the molecule is CCN(CC1CCCO1)C(=O)c1cc2ccccc2[nH]1. The van der Waals surface area contributed by atoms with E-state index in [2.05, 4.69) is 4.98 Å². The molecular formula is C16H20N2O2. The zero-order chi connectivity index (χ0) is 13.9. The van der Waals surface area contributed by atoms with Crippen molar-refractivity contribution in [3.05, 3.63) is 36.0 Å². The molecule has 2 aromatic rings. The molecular weight excluding hydrogens is 252 g/mol. The number of nitrogens with one attached hydrogen (secondary N) is 1. The highest BCUT2D eigenvalue weighted by Gasteiger charge is 2.23. The van der Waals surface area contributed by atoms with Gasteiger partial charge in [0.25, 0.3) is 5.91 Å².